The predicted molar refractivity (Wildman–Crippen MR) is 68.6 cm³/mol. The molecule has 0 aliphatic heterocycles. The van der Waals surface area contributed by atoms with Crippen molar-refractivity contribution >= 4 is 33.3 Å². The number of rotatable bonds is 2. The third-order valence-electron chi connectivity index (χ3n) is 2.22. The van der Waals surface area contributed by atoms with Crippen LogP contribution in [0.1, 0.15) is 5.56 Å². The molecule has 2 aromatic rings. The molecule has 0 saturated heterocycles. The third-order valence-corrected chi connectivity index (χ3v) is 2.82. The molecule has 0 unspecified atom stereocenters. The summed E-state index contributed by atoms with van der Waals surface area (Å²) in [6.45, 7) is 1.81. The van der Waals surface area contributed by atoms with Gasteiger partial charge < -0.3 is 11.1 Å². The van der Waals surface area contributed by atoms with Gasteiger partial charge in [-0.05, 0) is 52.7 Å². The highest BCUT2D eigenvalue weighted by atomic mass is 79.9. The molecule has 0 fully saturated rings. The first-order valence-electron chi connectivity index (χ1n) is 4.88. The maximum absolute atomic E-state index is 13.2. The maximum atomic E-state index is 13.2. The largest absolute Gasteiger partial charge is 0.382 e. The van der Waals surface area contributed by atoms with Crippen molar-refractivity contribution in [1.29, 1.82) is 0 Å². The van der Waals surface area contributed by atoms with E-state index in [2.05, 4.69) is 31.4 Å². The Morgan fingerprint density at radius 1 is 1.29 bits per heavy atom. The van der Waals surface area contributed by atoms with Crippen LogP contribution in [-0.2, 0) is 0 Å². The van der Waals surface area contributed by atoms with Crippen molar-refractivity contribution in [3.63, 3.8) is 0 Å². The minimum absolute atomic E-state index is 0.295. The van der Waals surface area contributed by atoms with E-state index >= 15 is 0 Å². The van der Waals surface area contributed by atoms with Crippen molar-refractivity contribution in [3.05, 3.63) is 40.1 Å². The Morgan fingerprint density at radius 2 is 2.06 bits per heavy atom. The minimum Gasteiger partial charge on any atom is -0.382 e. The summed E-state index contributed by atoms with van der Waals surface area (Å²) in [5, 5.41) is 10.6. The van der Waals surface area contributed by atoms with Crippen molar-refractivity contribution in [2.24, 2.45) is 0 Å². The second kappa shape index (κ2) is 4.67. The van der Waals surface area contributed by atoms with Crippen LogP contribution >= 0.6 is 15.9 Å². The van der Waals surface area contributed by atoms with E-state index in [1.54, 1.807) is 18.2 Å². The Hall–Kier alpha value is -1.69. The van der Waals surface area contributed by atoms with E-state index in [4.69, 9.17) is 5.73 Å². The number of nitrogen functional groups attached to an aromatic ring is 1. The Morgan fingerprint density at radius 3 is 2.71 bits per heavy atom. The quantitative estimate of drug-likeness (QED) is 0.894. The Labute approximate surface area is 106 Å². The average Bonchev–Trinajstić information content (AvgIpc) is 2.29. The molecule has 1 aromatic carbocycles. The van der Waals surface area contributed by atoms with Crippen LogP contribution in [0.15, 0.2) is 28.7 Å². The SMILES string of the molecule is Cc1cc(F)c(Br)cc1Nc1ccc(N)nn1. The third kappa shape index (κ3) is 2.71. The molecule has 4 nitrogen and oxygen atoms in total. The van der Waals surface area contributed by atoms with Crippen LogP contribution in [0.3, 0.4) is 0 Å². The predicted octanol–water partition coefficient (Wildman–Crippen LogP) is 3.01. The Balaban J connectivity index is 2.30. The number of nitrogens with two attached hydrogens (primary N) is 1. The summed E-state index contributed by atoms with van der Waals surface area (Å²) in [7, 11) is 0. The van der Waals surface area contributed by atoms with Gasteiger partial charge in [0.1, 0.15) is 11.6 Å². The van der Waals surface area contributed by atoms with Crippen molar-refractivity contribution in [1.82, 2.24) is 10.2 Å². The lowest BCUT2D eigenvalue weighted by Crippen LogP contribution is -1.99. The van der Waals surface area contributed by atoms with Gasteiger partial charge in [-0.15, -0.1) is 10.2 Å². The van der Waals surface area contributed by atoms with Crippen molar-refractivity contribution in [2.45, 2.75) is 6.92 Å². The zero-order valence-electron chi connectivity index (χ0n) is 9.04. The van der Waals surface area contributed by atoms with Gasteiger partial charge in [0.15, 0.2) is 5.82 Å². The summed E-state index contributed by atoms with van der Waals surface area (Å²) < 4.78 is 13.6. The molecule has 1 heterocycles. The van der Waals surface area contributed by atoms with Crippen LogP contribution in [0.2, 0.25) is 0 Å². The standard InChI is InChI=1S/C11H10BrFN4/c1-6-4-8(13)7(12)5-9(6)15-11-3-2-10(14)16-17-11/h2-5H,1H3,(H2,14,16)(H,15,17). The van der Waals surface area contributed by atoms with E-state index < -0.39 is 0 Å². The van der Waals surface area contributed by atoms with Crippen LogP contribution in [0.5, 0.6) is 0 Å². The van der Waals surface area contributed by atoms with E-state index in [-0.39, 0.29) is 5.82 Å². The van der Waals surface area contributed by atoms with Gasteiger partial charge >= 0.3 is 0 Å². The van der Waals surface area contributed by atoms with E-state index in [1.165, 1.54) is 6.07 Å². The number of aryl methyl sites for hydroxylation is 1. The van der Waals surface area contributed by atoms with Gasteiger partial charge in [-0.25, -0.2) is 4.39 Å². The number of hydrogen-bond acceptors (Lipinski definition) is 4. The van der Waals surface area contributed by atoms with E-state index in [1.807, 2.05) is 6.92 Å². The van der Waals surface area contributed by atoms with Crippen LogP contribution in [0.4, 0.5) is 21.7 Å². The number of aromatic nitrogens is 2. The van der Waals surface area contributed by atoms with Gasteiger partial charge in [0, 0.05) is 5.69 Å². The van der Waals surface area contributed by atoms with Crippen LogP contribution < -0.4 is 11.1 Å². The molecule has 0 aliphatic carbocycles. The highest BCUT2D eigenvalue weighted by Crippen LogP contribution is 2.26. The molecule has 0 bridgehead atoms. The van der Waals surface area contributed by atoms with E-state index in [0.29, 0.717) is 16.1 Å². The fourth-order valence-corrected chi connectivity index (χ4v) is 1.67. The normalized spacial score (nSPS) is 10.3. The minimum atomic E-state index is -0.295. The molecule has 0 saturated carbocycles. The summed E-state index contributed by atoms with van der Waals surface area (Å²) in [5.41, 5.74) is 6.98. The monoisotopic (exact) mass is 296 g/mol. The number of hydrogen-bond donors (Lipinski definition) is 2. The molecule has 88 valence electrons. The Kier molecular flexibility index (Phi) is 3.23. The van der Waals surface area contributed by atoms with E-state index in [0.717, 1.165) is 11.3 Å². The van der Waals surface area contributed by atoms with Crippen LogP contribution in [0, 0.1) is 12.7 Å². The summed E-state index contributed by atoms with van der Waals surface area (Å²) in [6, 6.07) is 6.45. The van der Waals surface area contributed by atoms with Gasteiger partial charge in [-0.3, -0.25) is 0 Å². The molecular formula is C11H10BrFN4. The molecular weight excluding hydrogens is 287 g/mol. The number of anilines is 3. The second-order valence-corrected chi connectivity index (χ2v) is 4.40. The molecule has 0 amide bonds. The number of nitrogens with zero attached hydrogens (tertiary/aromatic N) is 2. The van der Waals surface area contributed by atoms with Crippen molar-refractivity contribution in [2.75, 3.05) is 11.1 Å². The van der Waals surface area contributed by atoms with Crippen LogP contribution in [-0.4, -0.2) is 10.2 Å². The fourth-order valence-electron chi connectivity index (χ4n) is 1.33. The molecule has 0 aliphatic rings. The van der Waals surface area contributed by atoms with Gasteiger partial charge in [0.2, 0.25) is 0 Å². The van der Waals surface area contributed by atoms with Crippen LogP contribution in [0.25, 0.3) is 0 Å². The number of halogens is 2. The summed E-state index contributed by atoms with van der Waals surface area (Å²) in [6.07, 6.45) is 0. The molecule has 6 heteroatoms. The zero-order valence-corrected chi connectivity index (χ0v) is 10.6. The maximum Gasteiger partial charge on any atom is 0.153 e. The molecule has 1 aromatic heterocycles. The second-order valence-electron chi connectivity index (χ2n) is 3.55. The van der Waals surface area contributed by atoms with Gasteiger partial charge in [-0.2, -0.15) is 0 Å². The highest BCUT2D eigenvalue weighted by Gasteiger charge is 2.06. The zero-order chi connectivity index (χ0) is 12.4. The number of benzene rings is 1. The first-order valence-corrected chi connectivity index (χ1v) is 5.67. The molecule has 0 atom stereocenters. The molecule has 2 rings (SSSR count). The van der Waals surface area contributed by atoms with Crippen molar-refractivity contribution < 1.29 is 4.39 Å². The number of nitrogens with one attached hydrogen (secondary N) is 1. The molecule has 0 spiro atoms. The van der Waals surface area contributed by atoms with E-state index in [9.17, 15) is 4.39 Å². The fraction of sp³-hybridized carbons (Fsp3) is 0.0909. The smallest absolute Gasteiger partial charge is 0.153 e. The first-order chi connectivity index (χ1) is 8.06. The molecule has 0 radical (unpaired) electrons. The Bertz CT molecular complexity index is 542. The van der Waals surface area contributed by atoms with Gasteiger partial charge in [0.25, 0.3) is 0 Å². The highest BCUT2D eigenvalue weighted by molar-refractivity contribution is 9.10. The first kappa shape index (κ1) is 11.8. The summed E-state index contributed by atoms with van der Waals surface area (Å²) in [4.78, 5) is 0. The lowest BCUT2D eigenvalue weighted by Gasteiger charge is -2.09. The van der Waals surface area contributed by atoms with Crippen molar-refractivity contribution in [3.8, 4) is 0 Å². The topological polar surface area (TPSA) is 63.8 Å². The van der Waals surface area contributed by atoms with Gasteiger partial charge in [0.05, 0.1) is 4.47 Å². The lowest BCUT2D eigenvalue weighted by molar-refractivity contribution is 0.620. The molecule has 3 N–H and O–H groups in total. The van der Waals surface area contributed by atoms with Gasteiger partial charge in [-0.1, -0.05) is 0 Å². The summed E-state index contributed by atoms with van der Waals surface area (Å²) in [5.74, 6) is 0.616. The lowest BCUT2D eigenvalue weighted by atomic mass is 10.2. The average molecular weight is 297 g/mol. The summed E-state index contributed by atoms with van der Waals surface area (Å²) >= 11 is 3.13. The molecule has 17 heavy (non-hydrogen) atoms.